The molecule has 0 aliphatic carbocycles. The number of fused-ring (bicyclic) bond motifs is 1. The predicted octanol–water partition coefficient (Wildman–Crippen LogP) is 2.55. The van der Waals surface area contributed by atoms with Gasteiger partial charge in [-0.15, -0.1) is 15.3 Å². The largest absolute Gasteiger partial charge is 0.416 e. The summed E-state index contributed by atoms with van der Waals surface area (Å²) >= 11 is 0. The Bertz CT molecular complexity index is 1640. The highest BCUT2D eigenvalue weighted by Crippen LogP contribution is 2.32. The Kier molecular flexibility index (Phi) is 6.31. The third-order valence-corrected chi connectivity index (χ3v) is 7.25. The third kappa shape index (κ3) is 5.03. The van der Waals surface area contributed by atoms with Gasteiger partial charge in [0.15, 0.2) is 5.82 Å². The van der Waals surface area contributed by atoms with Gasteiger partial charge in [-0.3, -0.25) is 14.7 Å². The van der Waals surface area contributed by atoms with Gasteiger partial charge in [0, 0.05) is 38.2 Å². The molecule has 0 radical (unpaired) electrons. The molecule has 1 N–H and O–H groups in total. The summed E-state index contributed by atoms with van der Waals surface area (Å²) in [5.41, 5.74) is 4.23. The van der Waals surface area contributed by atoms with Gasteiger partial charge in [-0.2, -0.15) is 18.0 Å². The molecule has 0 spiro atoms. The second kappa shape index (κ2) is 9.84. The molecular formula is C26H24F3N9O2. The Morgan fingerprint density at radius 2 is 1.70 bits per heavy atom. The zero-order valence-electron chi connectivity index (χ0n) is 21.4. The fraction of sp³-hybridized carbons (Fsp3) is 0.346. The van der Waals surface area contributed by atoms with E-state index < -0.39 is 11.7 Å². The molecule has 0 fully saturated rings. The first-order chi connectivity index (χ1) is 19.1. The van der Waals surface area contributed by atoms with Crippen molar-refractivity contribution in [1.82, 2.24) is 45.4 Å². The number of hydrogen-bond donors (Lipinski definition) is 1. The van der Waals surface area contributed by atoms with Gasteiger partial charge in [0.1, 0.15) is 5.52 Å². The molecule has 0 unspecified atom stereocenters. The summed E-state index contributed by atoms with van der Waals surface area (Å²) in [6.07, 6.45) is -4.08. The molecule has 206 valence electrons. The number of carbonyl (C=O) groups excluding carboxylic acids is 2. The smallest absolute Gasteiger partial charge is 0.335 e. The Balaban J connectivity index is 1.07. The van der Waals surface area contributed by atoms with Crippen LogP contribution in [0.4, 0.5) is 13.2 Å². The fourth-order valence-corrected chi connectivity index (χ4v) is 5.19. The number of rotatable bonds is 6. The van der Waals surface area contributed by atoms with Crippen molar-refractivity contribution in [2.75, 3.05) is 26.2 Å². The lowest BCUT2D eigenvalue weighted by Gasteiger charge is -2.23. The number of hydrogen-bond acceptors (Lipinski definition) is 7. The Morgan fingerprint density at radius 3 is 2.40 bits per heavy atom. The van der Waals surface area contributed by atoms with Crippen LogP contribution in [-0.2, 0) is 23.9 Å². The molecule has 0 bridgehead atoms. The lowest BCUT2D eigenvalue weighted by Crippen LogP contribution is -2.36. The molecule has 11 nitrogen and oxygen atoms in total. The molecule has 6 rings (SSSR count). The van der Waals surface area contributed by atoms with Crippen molar-refractivity contribution in [3.63, 3.8) is 0 Å². The van der Waals surface area contributed by atoms with Crippen molar-refractivity contribution in [2.45, 2.75) is 32.5 Å². The summed E-state index contributed by atoms with van der Waals surface area (Å²) < 4.78 is 40.0. The van der Waals surface area contributed by atoms with Crippen LogP contribution in [0, 0.1) is 6.92 Å². The summed E-state index contributed by atoms with van der Waals surface area (Å²) in [4.78, 5) is 30.8. The van der Waals surface area contributed by atoms with Gasteiger partial charge in [-0.05, 0) is 71.2 Å². The first-order valence-electron chi connectivity index (χ1n) is 12.6. The number of aromatic nitrogens is 7. The Morgan fingerprint density at radius 1 is 0.950 bits per heavy atom. The number of nitrogens with zero attached hydrogens (tertiary/aromatic N) is 8. The number of aryl methyl sites for hydroxylation is 2. The van der Waals surface area contributed by atoms with Crippen molar-refractivity contribution in [3.8, 4) is 0 Å². The molecule has 0 atom stereocenters. The number of tetrazole rings is 1. The minimum Gasteiger partial charge on any atom is -0.335 e. The van der Waals surface area contributed by atoms with E-state index in [1.54, 1.807) is 34.9 Å². The van der Waals surface area contributed by atoms with E-state index >= 15 is 0 Å². The normalized spacial score (nSPS) is 15.4. The number of alkyl halides is 3. The maximum absolute atomic E-state index is 13.3. The van der Waals surface area contributed by atoms with E-state index in [0.29, 0.717) is 54.2 Å². The fourth-order valence-electron chi connectivity index (χ4n) is 5.19. The highest BCUT2D eigenvalue weighted by molar-refractivity contribution is 5.97. The van der Waals surface area contributed by atoms with E-state index in [0.717, 1.165) is 28.8 Å². The van der Waals surface area contributed by atoms with Gasteiger partial charge in [-0.25, -0.2) is 0 Å². The maximum atomic E-state index is 13.3. The number of nitrogens with one attached hydrogen (secondary N) is 1. The van der Waals surface area contributed by atoms with Crippen LogP contribution in [0.15, 0.2) is 47.5 Å². The zero-order valence-corrected chi connectivity index (χ0v) is 21.4. The SMILES string of the molecule is Cc1nnn(Cc2cc(C(F)(F)F)ccc2CCC(=O)N2CC3=C(C2)CN(C(=O)c2ccc4[nH]nnc4c2)C3)n1. The first-order valence-corrected chi connectivity index (χ1v) is 12.6. The van der Waals surface area contributed by atoms with Crippen LogP contribution in [0.2, 0.25) is 0 Å². The molecular weight excluding hydrogens is 527 g/mol. The summed E-state index contributed by atoms with van der Waals surface area (Å²) in [5, 5.41) is 22.2. The van der Waals surface area contributed by atoms with Crippen LogP contribution in [0.25, 0.3) is 11.0 Å². The van der Waals surface area contributed by atoms with Gasteiger partial charge in [0.05, 0.1) is 17.6 Å². The van der Waals surface area contributed by atoms with Gasteiger partial charge in [-0.1, -0.05) is 11.3 Å². The van der Waals surface area contributed by atoms with Gasteiger partial charge >= 0.3 is 6.18 Å². The number of amides is 2. The third-order valence-electron chi connectivity index (χ3n) is 7.25. The van der Waals surface area contributed by atoms with Crippen molar-refractivity contribution in [2.24, 2.45) is 0 Å². The van der Waals surface area contributed by atoms with E-state index in [2.05, 4.69) is 30.8 Å². The summed E-state index contributed by atoms with van der Waals surface area (Å²) in [5.74, 6) is 0.211. The summed E-state index contributed by atoms with van der Waals surface area (Å²) in [7, 11) is 0. The number of aromatic amines is 1. The number of H-pyrrole nitrogens is 1. The molecule has 2 aliphatic heterocycles. The Labute approximate surface area is 225 Å². The van der Waals surface area contributed by atoms with Gasteiger partial charge in [0.2, 0.25) is 5.91 Å². The lowest BCUT2D eigenvalue weighted by molar-refractivity contribution is -0.137. The molecule has 2 aromatic carbocycles. The molecule has 2 amide bonds. The van der Waals surface area contributed by atoms with Crippen molar-refractivity contribution >= 4 is 22.8 Å². The molecule has 4 aromatic rings. The summed E-state index contributed by atoms with van der Waals surface area (Å²) in [6, 6.07) is 8.73. The average molecular weight is 552 g/mol. The second-order valence-electron chi connectivity index (χ2n) is 10.0. The second-order valence-corrected chi connectivity index (χ2v) is 10.0. The van der Waals surface area contributed by atoms with Gasteiger partial charge in [0.25, 0.3) is 5.91 Å². The van der Waals surface area contributed by atoms with Crippen LogP contribution in [-0.4, -0.2) is 83.4 Å². The molecule has 14 heteroatoms. The predicted molar refractivity (Wildman–Crippen MR) is 135 cm³/mol. The molecule has 0 saturated carbocycles. The quantitative estimate of drug-likeness (QED) is 0.365. The van der Waals surface area contributed by atoms with Crippen molar-refractivity contribution < 1.29 is 22.8 Å². The summed E-state index contributed by atoms with van der Waals surface area (Å²) in [6.45, 7) is 3.42. The highest BCUT2D eigenvalue weighted by Gasteiger charge is 2.35. The zero-order chi connectivity index (χ0) is 28.0. The van der Waals surface area contributed by atoms with Crippen LogP contribution >= 0.6 is 0 Å². The van der Waals surface area contributed by atoms with Crippen LogP contribution < -0.4 is 0 Å². The van der Waals surface area contributed by atoms with E-state index in [4.69, 9.17) is 0 Å². The van der Waals surface area contributed by atoms with E-state index in [9.17, 15) is 22.8 Å². The number of halogens is 3. The van der Waals surface area contributed by atoms with Crippen molar-refractivity contribution in [1.29, 1.82) is 0 Å². The highest BCUT2D eigenvalue weighted by atomic mass is 19.4. The van der Waals surface area contributed by atoms with E-state index in [-0.39, 0.29) is 31.2 Å². The molecule has 2 aromatic heterocycles. The van der Waals surface area contributed by atoms with Crippen molar-refractivity contribution in [3.05, 3.63) is 75.6 Å². The average Bonchev–Trinajstić information content (AvgIpc) is 3.70. The minimum atomic E-state index is -4.49. The van der Waals surface area contributed by atoms with Crippen LogP contribution in [0.1, 0.15) is 39.3 Å². The number of carbonyl (C=O) groups is 2. The lowest BCUT2D eigenvalue weighted by atomic mass is 9.99. The number of benzene rings is 2. The molecule has 4 heterocycles. The monoisotopic (exact) mass is 551 g/mol. The van der Waals surface area contributed by atoms with E-state index in [1.807, 2.05) is 0 Å². The molecule has 40 heavy (non-hydrogen) atoms. The minimum absolute atomic E-state index is 0.0152. The van der Waals surface area contributed by atoms with Crippen LogP contribution in [0.3, 0.4) is 0 Å². The van der Waals surface area contributed by atoms with Crippen LogP contribution in [0.5, 0.6) is 0 Å². The molecule has 2 aliphatic rings. The molecule has 0 saturated heterocycles. The van der Waals surface area contributed by atoms with Gasteiger partial charge < -0.3 is 9.80 Å². The first kappa shape index (κ1) is 25.6. The Hall–Kier alpha value is -4.62. The maximum Gasteiger partial charge on any atom is 0.416 e. The standard InChI is InChI=1S/C26H24F3N9O2/c1-15-30-35-38(33-15)14-18-8-21(26(27,28)29)5-2-16(18)4-7-24(39)36-10-19-12-37(13-20(19)11-36)25(40)17-3-6-22-23(9-17)32-34-31-22/h2-3,5-6,8-9H,4,7,10-14H2,1H3,(H,31,32,34). The topological polar surface area (TPSA) is 126 Å². The van der Waals surface area contributed by atoms with E-state index in [1.165, 1.54) is 10.9 Å².